The molecule has 0 saturated heterocycles. The first-order valence-corrected chi connectivity index (χ1v) is 4.58. The van der Waals surface area contributed by atoms with Crippen LogP contribution in [0.15, 0.2) is 28.7 Å². The van der Waals surface area contributed by atoms with Gasteiger partial charge in [-0.15, -0.1) is 0 Å². The molecule has 0 aliphatic carbocycles. The van der Waals surface area contributed by atoms with Crippen molar-refractivity contribution in [3.63, 3.8) is 0 Å². The lowest BCUT2D eigenvalue weighted by atomic mass is 10.1. The first kappa shape index (κ1) is 9.73. The molecular formula is C11H11NO3. The molecule has 4 nitrogen and oxygen atoms in total. The van der Waals surface area contributed by atoms with Crippen molar-refractivity contribution in [3.8, 4) is 17.0 Å². The fraction of sp³-hybridized carbons (Fsp3) is 0.182. The highest BCUT2D eigenvalue weighted by Gasteiger charge is 2.13. The number of phenols is 1. The lowest BCUT2D eigenvalue weighted by molar-refractivity contribution is 0.238. The summed E-state index contributed by atoms with van der Waals surface area (Å²) in [6, 6.07) is 6.88. The number of aliphatic hydroxyl groups is 1. The van der Waals surface area contributed by atoms with Gasteiger partial charge in [-0.2, -0.15) is 0 Å². The molecule has 2 aromatic rings. The summed E-state index contributed by atoms with van der Waals surface area (Å²) in [5.41, 5.74) is 1.18. The summed E-state index contributed by atoms with van der Waals surface area (Å²) in [6.07, 6.45) is 0. The van der Waals surface area contributed by atoms with Gasteiger partial charge in [-0.25, -0.2) is 4.98 Å². The minimum atomic E-state index is -0.242. The van der Waals surface area contributed by atoms with E-state index in [1.165, 1.54) is 0 Å². The van der Waals surface area contributed by atoms with Gasteiger partial charge in [0.25, 0.3) is 0 Å². The first-order valence-electron chi connectivity index (χ1n) is 4.58. The van der Waals surface area contributed by atoms with Crippen LogP contribution in [0.2, 0.25) is 0 Å². The van der Waals surface area contributed by atoms with Crippen LogP contribution in [-0.2, 0) is 6.61 Å². The van der Waals surface area contributed by atoms with Gasteiger partial charge in [0.2, 0.25) is 5.89 Å². The fourth-order valence-corrected chi connectivity index (χ4v) is 1.44. The molecule has 1 aromatic carbocycles. The predicted molar refractivity (Wildman–Crippen MR) is 54.3 cm³/mol. The van der Waals surface area contributed by atoms with Crippen molar-refractivity contribution in [2.45, 2.75) is 13.5 Å². The molecule has 0 radical (unpaired) electrons. The zero-order valence-electron chi connectivity index (χ0n) is 8.27. The second-order valence-electron chi connectivity index (χ2n) is 3.19. The van der Waals surface area contributed by atoms with E-state index in [-0.39, 0.29) is 18.2 Å². The van der Waals surface area contributed by atoms with Crippen molar-refractivity contribution < 1.29 is 14.6 Å². The molecule has 15 heavy (non-hydrogen) atoms. The maximum atomic E-state index is 9.63. The quantitative estimate of drug-likeness (QED) is 0.785. The topological polar surface area (TPSA) is 66.5 Å². The second kappa shape index (κ2) is 3.74. The monoisotopic (exact) mass is 205 g/mol. The van der Waals surface area contributed by atoms with Crippen molar-refractivity contribution in [2.75, 3.05) is 0 Å². The highest BCUT2D eigenvalue weighted by molar-refractivity contribution is 5.67. The van der Waals surface area contributed by atoms with Crippen molar-refractivity contribution >= 4 is 0 Å². The number of hydrogen-bond donors (Lipinski definition) is 2. The number of para-hydroxylation sites is 1. The fourth-order valence-electron chi connectivity index (χ4n) is 1.44. The third-order valence-corrected chi connectivity index (χ3v) is 2.14. The summed E-state index contributed by atoms with van der Waals surface area (Å²) in [5.74, 6) is 0.990. The van der Waals surface area contributed by atoms with Crippen LogP contribution in [0.5, 0.6) is 5.75 Å². The van der Waals surface area contributed by atoms with Crippen molar-refractivity contribution in [3.05, 3.63) is 35.9 Å². The number of oxazole rings is 1. The normalized spacial score (nSPS) is 10.5. The predicted octanol–water partition coefficient (Wildman–Crippen LogP) is 1.85. The zero-order valence-corrected chi connectivity index (χ0v) is 8.27. The minimum Gasteiger partial charge on any atom is -0.507 e. The van der Waals surface area contributed by atoms with E-state index >= 15 is 0 Å². The Labute approximate surface area is 86.8 Å². The van der Waals surface area contributed by atoms with Crippen LogP contribution in [0.1, 0.15) is 11.7 Å². The summed E-state index contributed by atoms with van der Waals surface area (Å²) in [6.45, 7) is 1.50. The molecule has 2 rings (SSSR count). The Morgan fingerprint density at radius 3 is 2.67 bits per heavy atom. The molecule has 4 heteroatoms. The van der Waals surface area contributed by atoms with Crippen molar-refractivity contribution in [1.29, 1.82) is 0 Å². The average molecular weight is 205 g/mol. The molecule has 1 heterocycles. The minimum absolute atomic E-state index is 0.151. The standard InChI is InChI=1S/C11H11NO3/c1-7-11(12-10(6-13)15-7)8-4-2-3-5-9(8)14/h2-5,13-14H,6H2,1H3. The van der Waals surface area contributed by atoms with Crippen LogP contribution in [0.4, 0.5) is 0 Å². The lowest BCUT2D eigenvalue weighted by Gasteiger charge is -1.99. The molecule has 0 spiro atoms. The van der Waals surface area contributed by atoms with Gasteiger partial charge in [0.1, 0.15) is 23.8 Å². The number of aliphatic hydroxyl groups excluding tert-OH is 1. The molecule has 0 aliphatic heterocycles. The van der Waals surface area contributed by atoms with Gasteiger partial charge in [-0.3, -0.25) is 0 Å². The number of nitrogens with zero attached hydrogens (tertiary/aromatic N) is 1. The SMILES string of the molecule is Cc1oc(CO)nc1-c1ccccc1O. The molecule has 0 atom stereocenters. The smallest absolute Gasteiger partial charge is 0.220 e. The molecule has 78 valence electrons. The number of benzene rings is 1. The van der Waals surface area contributed by atoms with E-state index in [0.717, 1.165) is 0 Å². The summed E-state index contributed by atoms with van der Waals surface area (Å²) >= 11 is 0. The average Bonchev–Trinajstić information content (AvgIpc) is 2.60. The molecule has 2 N–H and O–H groups in total. The Morgan fingerprint density at radius 2 is 2.07 bits per heavy atom. The highest BCUT2D eigenvalue weighted by Crippen LogP contribution is 2.30. The second-order valence-corrected chi connectivity index (χ2v) is 3.19. The van der Waals surface area contributed by atoms with Crippen LogP contribution < -0.4 is 0 Å². The summed E-state index contributed by atoms with van der Waals surface area (Å²) in [5, 5.41) is 18.5. The summed E-state index contributed by atoms with van der Waals surface area (Å²) < 4.78 is 5.20. The zero-order chi connectivity index (χ0) is 10.8. The summed E-state index contributed by atoms with van der Waals surface area (Å²) in [4.78, 5) is 4.08. The third kappa shape index (κ3) is 1.71. The third-order valence-electron chi connectivity index (χ3n) is 2.14. The Balaban J connectivity index is 2.54. The van der Waals surface area contributed by atoms with E-state index in [0.29, 0.717) is 17.0 Å². The Morgan fingerprint density at radius 1 is 1.33 bits per heavy atom. The van der Waals surface area contributed by atoms with Gasteiger partial charge in [0.15, 0.2) is 0 Å². The van der Waals surface area contributed by atoms with E-state index in [9.17, 15) is 5.11 Å². The lowest BCUT2D eigenvalue weighted by Crippen LogP contribution is -1.84. The Bertz CT molecular complexity index is 476. The van der Waals surface area contributed by atoms with Crippen LogP contribution in [0, 0.1) is 6.92 Å². The van der Waals surface area contributed by atoms with Gasteiger partial charge in [-0.05, 0) is 19.1 Å². The van der Waals surface area contributed by atoms with Gasteiger partial charge in [0, 0.05) is 5.56 Å². The Hall–Kier alpha value is -1.81. The number of aryl methyl sites for hydroxylation is 1. The van der Waals surface area contributed by atoms with Gasteiger partial charge >= 0.3 is 0 Å². The van der Waals surface area contributed by atoms with Crippen LogP contribution >= 0.6 is 0 Å². The van der Waals surface area contributed by atoms with E-state index < -0.39 is 0 Å². The summed E-state index contributed by atoms with van der Waals surface area (Å²) in [7, 11) is 0. The van der Waals surface area contributed by atoms with Crippen molar-refractivity contribution in [2.24, 2.45) is 0 Å². The number of phenolic OH excluding ortho intramolecular Hbond substituents is 1. The van der Waals surface area contributed by atoms with Crippen molar-refractivity contribution in [1.82, 2.24) is 4.98 Å². The highest BCUT2D eigenvalue weighted by atomic mass is 16.4. The molecule has 0 unspecified atom stereocenters. The number of aromatic nitrogens is 1. The molecule has 1 aromatic heterocycles. The van der Waals surface area contributed by atoms with Gasteiger partial charge < -0.3 is 14.6 Å². The molecule has 0 fully saturated rings. The van der Waals surface area contributed by atoms with E-state index in [4.69, 9.17) is 9.52 Å². The number of hydrogen-bond acceptors (Lipinski definition) is 4. The van der Waals surface area contributed by atoms with Crippen LogP contribution in [-0.4, -0.2) is 15.2 Å². The molecule has 0 bridgehead atoms. The van der Waals surface area contributed by atoms with Gasteiger partial charge in [0.05, 0.1) is 0 Å². The number of rotatable bonds is 2. The first-order chi connectivity index (χ1) is 7.22. The van der Waals surface area contributed by atoms with E-state index in [1.54, 1.807) is 25.1 Å². The molecule has 0 saturated carbocycles. The van der Waals surface area contributed by atoms with Crippen LogP contribution in [0.3, 0.4) is 0 Å². The molecule has 0 amide bonds. The largest absolute Gasteiger partial charge is 0.507 e. The van der Waals surface area contributed by atoms with Gasteiger partial charge in [-0.1, -0.05) is 12.1 Å². The maximum absolute atomic E-state index is 9.63. The number of aromatic hydroxyl groups is 1. The molecular weight excluding hydrogens is 194 g/mol. The van der Waals surface area contributed by atoms with E-state index in [2.05, 4.69) is 4.98 Å². The van der Waals surface area contributed by atoms with Crippen LogP contribution in [0.25, 0.3) is 11.3 Å². The Kier molecular flexibility index (Phi) is 2.43. The maximum Gasteiger partial charge on any atom is 0.220 e. The van der Waals surface area contributed by atoms with E-state index in [1.807, 2.05) is 6.07 Å². The molecule has 0 aliphatic rings.